The van der Waals surface area contributed by atoms with Crippen LogP contribution in [0.2, 0.25) is 0 Å². The first kappa shape index (κ1) is 13.2. The number of thioether (sulfide) groups is 1. The summed E-state index contributed by atoms with van der Waals surface area (Å²) >= 11 is 5.58. The first-order valence-electron chi connectivity index (χ1n) is 5.96. The summed E-state index contributed by atoms with van der Waals surface area (Å²) in [5.74, 6) is 0. The maximum absolute atomic E-state index is 5.80. The third-order valence-electron chi connectivity index (χ3n) is 2.97. The lowest BCUT2D eigenvalue weighted by Gasteiger charge is -2.34. The lowest BCUT2D eigenvalue weighted by atomic mass is 10.2. The summed E-state index contributed by atoms with van der Waals surface area (Å²) in [6, 6.07) is 6.23. The Bertz CT molecular complexity index is 387. The van der Waals surface area contributed by atoms with Crippen molar-refractivity contribution in [3.05, 3.63) is 28.2 Å². The quantitative estimate of drug-likeness (QED) is 0.849. The highest BCUT2D eigenvalue weighted by atomic mass is 79.9. The predicted octanol–water partition coefficient (Wildman–Crippen LogP) is 3.36. The molecular formula is C13H19BrN2S. The van der Waals surface area contributed by atoms with Gasteiger partial charge in [0.2, 0.25) is 0 Å². The van der Waals surface area contributed by atoms with Gasteiger partial charge in [0, 0.05) is 40.3 Å². The van der Waals surface area contributed by atoms with Crippen LogP contribution in [0.1, 0.15) is 19.4 Å². The number of nitrogens with zero attached hydrogens (tertiary/aromatic N) is 1. The smallest absolute Gasteiger partial charge is 0.0458 e. The number of hydrogen-bond donors (Lipinski definition) is 1. The molecule has 1 saturated heterocycles. The third kappa shape index (κ3) is 3.63. The molecule has 2 unspecified atom stereocenters. The molecule has 0 saturated carbocycles. The second-order valence-electron chi connectivity index (χ2n) is 4.81. The van der Waals surface area contributed by atoms with E-state index in [1.165, 1.54) is 18.7 Å². The van der Waals surface area contributed by atoms with E-state index in [1.54, 1.807) is 0 Å². The van der Waals surface area contributed by atoms with Gasteiger partial charge in [0.05, 0.1) is 0 Å². The van der Waals surface area contributed by atoms with Crippen LogP contribution < -0.4 is 5.73 Å². The molecule has 17 heavy (non-hydrogen) atoms. The first-order chi connectivity index (χ1) is 8.04. The molecule has 0 aromatic heterocycles. The van der Waals surface area contributed by atoms with Crippen molar-refractivity contribution < 1.29 is 0 Å². The van der Waals surface area contributed by atoms with Crippen LogP contribution in [0.25, 0.3) is 0 Å². The highest BCUT2D eigenvalue weighted by molar-refractivity contribution is 9.10. The zero-order valence-electron chi connectivity index (χ0n) is 10.3. The second-order valence-corrected chi connectivity index (χ2v) is 7.54. The molecule has 1 aliphatic heterocycles. The number of hydrogen-bond acceptors (Lipinski definition) is 3. The molecule has 94 valence electrons. The van der Waals surface area contributed by atoms with Gasteiger partial charge >= 0.3 is 0 Å². The molecule has 2 atom stereocenters. The number of nitrogen functional groups attached to an aromatic ring is 1. The Morgan fingerprint density at radius 3 is 2.59 bits per heavy atom. The Morgan fingerprint density at radius 1 is 1.35 bits per heavy atom. The topological polar surface area (TPSA) is 29.3 Å². The van der Waals surface area contributed by atoms with E-state index in [0.29, 0.717) is 0 Å². The van der Waals surface area contributed by atoms with Gasteiger partial charge < -0.3 is 5.73 Å². The molecule has 2 nitrogen and oxygen atoms in total. The predicted molar refractivity (Wildman–Crippen MR) is 80.3 cm³/mol. The molecule has 2 rings (SSSR count). The summed E-state index contributed by atoms with van der Waals surface area (Å²) in [7, 11) is 0. The summed E-state index contributed by atoms with van der Waals surface area (Å²) in [5.41, 5.74) is 7.94. The van der Waals surface area contributed by atoms with Crippen molar-refractivity contribution in [2.24, 2.45) is 0 Å². The van der Waals surface area contributed by atoms with Gasteiger partial charge in [0.15, 0.2) is 0 Å². The van der Waals surface area contributed by atoms with E-state index in [2.05, 4.69) is 58.6 Å². The molecule has 0 spiro atoms. The standard InChI is InChI=1S/C13H19BrN2S/c1-9-6-16(7-10(2)17-9)8-11-3-4-13(15)12(14)5-11/h3-5,9-10H,6-8,15H2,1-2H3. The monoisotopic (exact) mass is 314 g/mol. The maximum atomic E-state index is 5.80. The third-order valence-corrected chi connectivity index (χ3v) is 4.88. The lowest BCUT2D eigenvalue weighted by molar-refractivity contribution is 0.263. The van der Waals surface area contributed by atoms with Crippen LogP contribution in [-0.4, -0.2) is 28.5 Å². The van der Waals surface area contributed by atoms with Gasteiger partial charge in [0.25, 0.3) is 0 Å². The molecule has 0 bridgehead atoms. The molecule has 1 aromatic rings. The van der Waals surface area contributed by atoms with E-state index >= 15 is 0 Å². The van der Waals surface area contributed by atoms with Gasteiger partial charge in [-0.2, -0.15) is 11.8 Å². The molecule has 1 fully saturated rings. The average Bonchev–Trinajstić information content (AvgIpc) is 2.22. The Balaban J connectivity index is 2.02. The van der Waals surface area contributed by atoms with Crippen LogP contribution in [0.15, 0.2) is 22.7 Å². The van der Waals surface area contributed by atoms with Gasteiger partial charge in [-0.05, 0) is 33.6 Å². The fourth-order valence-electron chi connectivity index (χ4n) is 2.34. The van der Waals surface area contributed by atoms with Crippen LogP contribution in [-0.2, 0) is 6.54 Å². The zero-order valence-corrected chi connectivity index (χ0v) is 12.7. The number of rotatable bonds is 2. The molecule has 1 aromatic carbocycles. The number of anilines is 1. The molecule has 4 heteroatoms. The van der Waals surface area contributed by atoms with Crippen LogP contribution >= 0.6 is 27.7 Å². The minimum absolute atomic E-state index is 0.732. The normalized spacial score (nSPS) is 26.1. The Morgan fingerprint density at radius 2 is 2.00 bits per heavy atom. The highest BCUT2D eigenvalue weighted by Gasteiger charge is 2.22. The minimum atomic E-state index is 0.732. The molecule has 1 aliphatic rings. The first-order valence-corrected chi connectivity index (χ1v) is 7.70. The molecule has 0 radical (unpaired) electrons. The van der Waals surface area contributed by atoms with E-state index < -0.39 is 0 Å². The summed E-state index contributed by atoms with van der Waals surface area (Å²) < 4.78 is 1.00. The fourth-order valence-corrected chi connectivity index (χ4v) is 4.15. The highest BCUT2D eigenvalue weighted by Crippen LogP contribution is 2.27. The summed E-state index contributed by atoms with van der Waals surface area (Å²) in [4.78, 5) is 2.53. The van der Waals surface area contributed by atoms with E-state index in [4.69, 9.17) is 5.73 Å². The lowest BCUT2D eigenvalue weighted by Crippen LogP contribution is -2.39. The van der Waals surface area contributed by atoms with E-state index in [0.717, 1.165) is 27.2 Å². The number of nitrogens with two attached hydrogens (primary N) is 1. The summed E-state index contributed by atoms with van der Waals surface area (Å²) in [5, 5.41) is 1.46. The van der Waals surface area contributed by atoms with Crippen molar-refractivity contribution in [1.82, 2.24) is 4.90 Å². The minimum Gasteiger partial charge on any atom is -0.398 e. The Hall–Kier alpha value is -0.190. The fraction of sp³-hybridized carbons (Fsp3) is 0.538. The molecule has 0 amide bonds. The van der Waals surface area contributed by atoms with E-state index in [1.807, 2.05) is 6.07 Å². The number of halogens is 1. The van der Waals surface area contributed by atoms with Crippen LogP contribution in [0.5, 0.6) is 0 Å². The van der Waals surface area contributed by atoms with Crippen molar-refractivity contribution in [3.63, 3.8) is 0 Å². The zero-order chi connectivity index (χ0) is 12.4. The molecule has 0 aliphatic carbocycles. The SMILES string of the molecule is CC1CN(Cc2ccc(N)c(Br)c2)CC(C)S1. The largest absolute Gasteiger partial charge is 0.398 e. The van der Waals surface area contributed by atoms with E-state index in [9.17, 15) is 0 Å². The molecular weight excluding hydrogens is 296 g/mol. The van der Waals surface area contributed by atoms with Crippen LogP contribution in [0.4, 0.5) is 5.69 Å². The van der Waals surface area contributed by atoms with Gasteiger partial charge in [-0.3, -0.25) is 4.90 Å². The Labute approximate surface area is 116 Å². The van der Waals surface area contributed by atoms with Crippen LogP contribution in [0.3, 0.4) is 0 Å². The van der Waals surface area contributed by atoms with Crippen molar-refractivity contribution in [1.29, 1.82) is 0 Å². The van der Waals surface area contributed by atoms with Gasteiger partial charge in [-0.1, -0.05) is 19.9 Å². The average molecular weight is 315 g/mol. The van der Waals surface area contributed by atoms with Crippen molar-refractivity contribution in [2.45, 2.75) is 30.9 Å². The van der Waals surface area contributed by atoms with E-state index in [-0.39, 0.29) is 0 Å². The van der Waals surface area contributed by atoms with Crippen molar-refractivity contribution >= 4 is 33.4 Å². The second kappa shape index (κ2) is 5.63. The molecule has 2 N–H and O–H groups in total. The number of benzene rings is 1. The van der Waals surface area contributed by atoms with Gasteiger partial charge in [0.1, 0.15) is 0 Å². The van der Waals surface area contributed by atoms with Crippen molar-refractivity contribution in [3.8, 4) is 0 Å². The summed E-state index contributed by atoms with van der Waals surface area (Å²) in [6.45, 7) is 8.00. The maximum Gasteiger partial charge on any atom is 0.0458 e. The van der Waals surface area contributed by atoms with Crippen LogP contribution in [0, 0.1) is 0 Å². The van der Waals surface area contributed by atoms with Gasteiger partial charge in [-0.15, -0.1) is 0 Å². The van der Waals surface area contributed by atoms with Gasteiger partial charge in [-0.25, -0.2) is 0 Å². The summed E-state index contributed by atoms with van der Waals surface area (Å²) in [6.07, 6.45) is 0. The van der Waals surface area contributed by atoms with Crippen molar-refractivity contribution in [2.75, 3.05) is 18.8 Å². The molecule has 1 heterocycles. The Kier molecular flexibility index (Phi) is 4.39.